The van der Waals surface area contributed by atoms with Crippen molar-refractivity contribution in [2.75, 3.05) is 0 Å². The van der Waals surface area contributed by atoms with Gasteiger partial charge in [0.15, 0.2) is 0 Å². The number of allylic oxidation sites excluding steroid dienone is 4. The first-order valence-corrected chi connectivity index (χ1v) is 10.6. The Kier molecular flexibility index (Phi) is 5.37. The van der Waals surface area contributed by atoms with Crippen LogP contribution in [0.5, 0.6) is 0 Å². The summed E-state index contributed by atoms with van der Waals surface area (Å²) in [6, 6.07) is 14.2. The highest BCUT2D eigenvalue weighted by molar-refractivity contribution is 7.86. The quantitative estimate of drug-likeness (QED) is 0.490. The SMILES string of the molecule is O=[N+]([O-])c1ccc(S(=O)(=O)O/N=C2\CC3C=CC=C(OCc4ccccc4)C23)cc1. The average Bonchev–Trinajstić information content (AvgIpc) is 2.73. The van der Waals surface area contributed by atoms with Crippen LogP contribution in [0.4, 0.5) is 5.69 Å². The molecule has 0 amide bonds. The van der Waals surface area contributed by atoms with Crippen molar-refractivity contribution in [1.29, 1.82) is 0 Å². The Labute approximate surface area is 173 Å². The molecule has 0 saturated heterocycles. The normalized spacial score (nSPS) is 21.3. The summed E-state index contributed by atoms with van der Waals surface area (Å²) in [5, 5.41) is 14.6. The van der Waals surface area contributed by atoms with E-state index in [1.54, 1.807) is 0 Å². The van der Waals surface area contributed by atoms with Crippen molar-refractivity contribution in [3.63, 3.8) is 0 Å². The summed E-state index contributed by atoms with van der Waals surface area (Å²) in [7, 11) is -4.17. The fraction of sp³-hybridized carbons (Fsp3) is 0.190. The third-order valence-electron chi connectivity index (χ3n) is 4.99. The van der Waals surface area contributed by atoms with Crippen LogP contribution < -0.4 is 0 Å². The molecule has 30 heavy (non-hydrogen) atoms. The minimum Gasteiger partial charge on any atom is -0.493 e. The zero-order valence-electron chi connectivity index (χ0n) is 15.7. The van der Waals surface area contributed by atoms with Gasteiger partial charge in [0.25, 0.3) is 5.69 Å². The van der Waals surface area contributed by atoms with Crippen molar-refractivity contribution in [1.82, 2.24) is 0 Å². The molecule has 4 rings (SSSR count). The van der Waals surface area contributed by atoms with Crippen molar-refractivity contribution in [3.05, 3.63) is 94.3 Å². The topological polar surface area (TPSA) is 108 Å². The third kappa shape index (κ3) is 4.11. The van der Waals surface area contributed by atoms with E-state index in [1.165, 1.54) is 0 Å². The van der Waals surface area contributed by atoms with Crippen LogP contribution in [0.15, 0.2) is 88.6 Å². The second kappa shape index (κ2) is 8.11. The molecule has 2 atom stereocenters. The maximum absolute atomic E-state index is 12.4. The third-order valence-corrected chi connectivity index (χ3v) is 6.11. The number of oxime groups is 1. The number of hydrogen-bond acceptors (Lipinski definition) is 7. The lowest BCUT2D eigenvalue weighted by atomic mass is 9.68. The first kappa shape index (κ1) is 19.8. The highest BCUT2D eigenvalue weighted by Crippen LogP contribution is 2.41. The van der Waals surface area contributed by atoms with Crippen LogP contribution >= 0.6 is 0 Å². The van der Waals surface area contributed by atoms with Crippen LogP contribution in [0.25, 0.3) is 0 Å². The second-order valence-corrected chi connectivity index (χ2v) is 8.46. The molecule has 2 unspecified atom stereocenters. The number of fused-ring (bicyclic) bond motifs is 1. The van der Waals surface area contributed by atoms with E-state index in [0.717, 1.165) is 29.8 Å². The van der Waals surface area contributed by atoms with Crippen molar-refractivity contribution in [2.24, 2.45) is 17.0 Å². The number of rotatable bonds is 7. The minimum atomic E-state index is -4.17. The van der Waals surface area contributed by atoms with Gasteiger partial charge in [0.1, 0.15) is 17.3 Å². The fourth-order valence-corrected chi connectivity index (χ4v) is 4.12. The van der Waals surface area contributed by atoms with Gasteiger partial charge < -0.3 is 4.74 Å². The van der Waals surface area contributed by atoms with E-state index in [9.17, 15) is 18.5 Å². The lowest BCUT2D eigenvalue weighted by Crippen LogP contribution is -2.39. The van der Waals surface area contributed by atoms with E-state index in [4.69, 9.17) is 9.02 Å². The first-order valence-electron chi connectivity index (χ1n) is 9.24. The zero-order valence-corrected chi connectivity index (χ0v) is 16.6. The van der Waals surface area contributed by atoms with Crippen molar-refractivity contribution < 1.29 is 22.4 Å². The highest BCUT2D eigenvalue weighted by atomic mass is 32.2. The van der Waals surface area contributed by atoms with Crippen LogP contribution in [-0.2, 0) is 25.7 Å². The number of non-ortho nitro benzene ring substituents is 1. The molecule has 2 aliphatic carbocycles. The molecule has 1 saturated carbocycles. The van der Waals surface area contributed by atoms with Crippen molar-refractivity contribution in [3.8, 4) is 0 Å². The van der Waals surface area contributed by atoms with Gasteiger partial charge in [-0.15, -0.1) is 0 Å². The Bertz CT molecular complexity index is 1140. The molecule has 1 fully saturated rings. The molecule has 0 N–H and O–H groups in total. The van der Waals surface area contributed by atoms with Crippen molar-refractivity contribution >= 4 is 21.5 Å². The first-order chi connectivity index (χ1) is 14.4. The number of ether oxygens (including phenoxy) is 1. The number of nitrogens with zero attached hydrogens (tertiary/aromatic N) is 2. The summed E-state index contributed by atoms with van der Waals surface area (Å²) in [5.41, 5.74) is 1.40. The Morgan fingerprint density at radius 3 is 2.53 bits per heavy atom. The smallest absolute Gasteiger partial charge is 0.358 e. The van der Waals surface area contributed by atoms with Gasteiger partial charge in [-0.2, -0.15) is 8.42 Å². The summed E-state index contributed by atoms with van der Waals surface area (Å²) in [6.07, 6.45) is 6.38. The Hall–Kier alpha value is -3.46. The van der Waals surface area contributed by atoms with E-state index in [0.29, 0.717) is 24.5 Å². The van der Waals surface area contributed by atoms with Crippen LogP contribution in [0.2, 0.25) is 0 Å². The Morgan fingerprint density at radius 1 is 1.10 bits per heavy atom. The van der Waals surface area contributed by atoms with E-state index in [1.807, 2.05) is 48.6 Å². The molecule has 0 heterocycles. The lowest BCUT2D eigenvalue weighted by molar-refractivity contribution is -0.384. The second-order valence-electron chi connectivity index (χ2n) is 6.94. The van der Waals surface area contributed by atoms with Gasteiger partial charge in [0, 0.05) is 12.1 Å². The number of nitro groups is 1. The Balaban J connectivity index is 1.44. The summed E-state index contributed by atoms with van der Waals surface area (Å²) >= 11 is 0. The maximum atomic E-state index is 12.4. The summed E-state index contributed by atoms with van der Waals surface area (Å²) in [5.74, 6) is 0.740. The van der Waals surface area contributed by atoms with Gasteiger partial charge in [0.05, 0.1) is 16.6 Å². The molecular formula is C21H18N2O6S. The van der Waals surface area contributed by atoms with Crippen LogP contribution in [0.1, 0.15) is 12.0 Å². The monoisotopic (exact) mass is 426 g/mol. The number of hydrogen-bond donors (Lipinski definition) is 0. The van der Waals surface area contributed by atoms with Gasteiger partial charge in [-0.1, -0.05) is 47.6 Å². The number of benzene rings is 2. The summed E-state index contributed by atoms with van der Waals surface area (Å²) < 4.78 is 35.5. The zero-order chi connectivity index (χ0) is 21.1. The molecule has 0 radical (unpaired) electrons. The molecule has 0 spiro atoms. The van der Waals surface area contributed by atoms with Crippen LogP contribution in [0.3, 0.4) is 0 Å². The predicted octanol–water partition coefficient (Wildman–Crippen LogP) is 3.96. The van der Waals surface area contributed by atoms with E-state index in [2.05, 4.69) is 5.16 Å². The van der Waals surface area contributed by atoms with Crippen LogP contribution in [-0.4, -0.2) is 19.1 Å². The lowest BCUT2D eigenvalue weighted by Gasteiger charge is -2.38. The molecule has 8 nitrogen and oxygen atoms in total. The maximum Gasteiger partial charge on any atom is 0.358 e. The molecule has 0 aliphatic heterocycles. The van der Waals surface area contributed by atoms with Crippen molar-refractivity contribution in [2.45, 2.75) is 17.9 Å². The highest BCUT2D eigenvalue weighted by Gasteiger charge is 2.42. The number of nitro benzene ring substituents is 1. The molecule has 2 aromatic carbocycles. The average molecular weight is 426 g/mol. The Morgan fingerprint density at radius 2 is 1.83 bits per heavy atom. The van der Waals surface area contributed by atoms with Gasteiger partial charge in [-0.25, -0.2) is 0 Å². The molecule has 9 heteroatoms. The van der Waals surface area contributed by atoms with E-state index < -0.39 is 15.0 Å². The molecule has 2 aromatic rings. The van der Waals surface area contributed by atoms with Gasteiger partial charge >= 0.3 is 10.1 Å². The standard InChI is InChI=1S/C21H18N2O6S/c24-23(25)17-9-11-18(12-10-17)30(26,27)29-22-19-13-16-7-4-8-20(21(16)19)28-14-15-5-2-1-3-6-15/h1-12,16,21H,13-14H2/b22-19+. The van der Waals surface area contributed by atoms with E-state index >= 15 is 0 Å². The predicted molar refractivity (Wildman–Crippen MR) is 109 cm³/mol. The summed E-state index contributed by atoms with van der Waals surface area (Å²) in [6.45, 7) is 0.402. The van der Waals surface area contributed by atoms with Gasteiger partial charge in [-0.3, -0.25) is 14.4 Å². The molecule has 154 valence electrons. The van der Waals surface area contributed by atoms with Crippen LogP contribution in [0, 0.1) is 22.0 Å². The van der Waals surface area contributed by atoms with E-state index in [-0.39, 0.29) is 22.4 Å². The minimum absolute atomic E-state index is 0.161. The summed E-state index contributed by atoms with van der Waals surface area (Å²) in [4.78, 5) is 9.91. The fourth-order valence-electron chi connectivity index (χ4n) is 3.37. The molecule has 0 aromatic heterocycles. The molecule has 2 aliphatic rings. The van der Waals surface area contributed by atoms with Gasteiger partial charge in [-0.05, 0) is 36.1 Å². The largest absolute Gasteiger partial charge is 0.493 e. The van der Waals surface area contributed by atoms with Gasteiger partial charge in [0.2, 0.25) is 0 Å². The molecule has 0 bridgehead atoms. The molecular weight excluding hydrogens is 408 g/mol.